The third-order valence-corrected chi connectivity index (χ3v) is 3.87. The molecule has 1 heterocycles. The number of aromatic nitrogens is 1. The first-order valence-electron chi connectivity index (χ1n) is 6.03. The van der Waals surface area contributed by atoms with Gasteiger partial charge in [0, 0.05) is 17.5 Å². The van der Waals surface area contributed by atoms with E-state index in [4.69, 9.17) is 5.73 Å². The molecule has 0 unspecified atom stereocenters. The smallest absolute Gasteiger partial charge is 0.269 e. The predicted molar refractivity (Wildman–Crippen MR) is 75.2 cm³/mol. The highest BCUT2D eigenvalue weighted by molar-refractivity contribution is 7.09. The van der Waals surface area contributed by atoms with E-state index in [1.54, 1.807) is 23.5 Å². The molecule has 5 nitrogen and oxygen atoms in total. The van der Waals surface area contributed by atoms with E-state index in [2.05, 4.69) is 11.9 Å². The van der Waals surface area contributed by atoms with E-state index in [1.165, 1.54) is 12.1 Å². The molecule has 0 aliphatic carbocycles. The summed E-state index contributed by atoms with van der Waals surface area (Å²) < 4.78 is 0. The van der Waals surface area contributed by atoms with Crippen molar-refractivity contribution in [3.63, 3.8) is 0 Å². The van der Waals surface area contributed by atoms with Crippen LogP contribution in [-0.4, -0.2) is 9.91 Å². The maximum Gasteiger partial charge on any atom is 0.269 e. The number of rotatable bonds is 5. The molecule has 2 N–H and O–H groups in total. The summed E-state index contributed by atoms with van der Waals surface area (Å²) >= 11 is 1.61. The van der Waals surface area contributed by atoms with E-state index in [1.807, 2.05) is 5.38 Å². The molecule has 0 fully saturated rings. The number of hydrogen-bond donors (Lipinski definition) is 1. The average Bonchev–Trinajstić information content (AvgIpc) is 2.88. The second-order valence-corrected chi connectivity index (χ2v) is 5.20. The van der Waals surface area contributed by atoms with Crippen molar-refractivity contribution in [1.82, 2.24) is 4.98 Å². The summed E-state index contributed by atoms with van der Waals surface area (Å²) in [6.45, 7) is 2.06. The zero-order valence-electron chi connectivity index (χ0n) is 10.6. The Labute approximate surface area is 115 Å². The van der Waals surface area contributed by atoms with Crippen LogP contribution in [0.5, 0.6) is 0 Å². The van der Waals surface area contributed by atoms with Gasteiger partial charge in [-0.05, 0) is 18.4 Å². The van der Waals surface area contributed by atoms with E-state index in [-0.39, 0.29) is 11.7 Å². The number of nitrogens with zero attached hydrogens (tertiary/aromatic N) is 2. The zero-order valence-corrected chi connectivity index (χ0v) is 11.4. The molecule has 100 valence electrons. The molecule has 0 radical (unpaired) electrons. The van der Waals surface area contributed by atoms with Gasteiger partial charge in [0.15, 0.2) is 0 Å². The third-order valence-electron chi connectivity index (χ3n) is 2.85. The molecule has 6 heteroatoms. The van der Waals surface area contributed by atoms with E-state index < -0.39 is 4.92 Å². The van der Waals surface area contributed by atoms with Gasteiger partial charge in [-0.25, -0.2) is 4.98 Å². The summed E-state index contributed by atoms with van der Waals surface area (Å²) in [5, 5.41) is 13.6. The van der Waals surface area contributed by atoms with Crippen LogP contribution < -0.4 is 5.73 Å². The van der Waals surface area contributed by atoms with Gasteiger partial charge in [-0.3, -0.25) is 10.1 Å². The van der Waals surface area contributed by atoms with Crippen molar-refractivity contribution in [2.24, 2.45) is 5.73 Å². The van der Waals surface area contributed by atoms with E-state index in [0.717, 1.165) is 22.7 Å². The first-order chi connectivity index (χ1) is 9.10. The number of nitro groups is 1. The van der Waals surface area contributed by atoms with Crippen LogP contribution in [-0.2, 0) is 12.8 Å². The fourth-order valence-electron chi connectivity index (χ4n) is 1.77. The van der Waals surface area contributed by atoms with E-state index >= 15 is 0 Å². The van der Waals surface area contributed by atoms with Crippen LogP contribution in [0.4, 0.5) is 5.69 Å². The third kappa shape index (κ3) is 3.36. The highest BCUT2D eigenvalue weighted by atomic mass is 32.1. The van der Waals surface area contributed by atoms with Crippen molar-refractivity contribution in [1.29, 1.82) is 0 Å². The van der Waals surface area contributed by atoms with Gasteiger partial charge in [-0.15, -0.1) is 11.3 Å². The largest absolute Gasteiger partial charge is 0.322 e. The standard InChI is InChI=1S/C13H15N3O2S/c1-2-13-15-12(8-19-13)11(14)7-9-3-5-10(6-4-9)16(17)18/h3-6,8,11H,2,7,14H2,1H3/t11-/m0/s1. The molecule has 0 saturated carbocycles. The summed E-state index contributed by atoms with van der Waals surface area (Å²) in [5.74, 6) is 0. The van der Waals surface area contributed by atoms with Crippen LogP contribution >= 0.6 is 11.3 Å². The Hall–Kier alpha value is -1.79. The molecule has 0 spiro atoms. The Morgan fingerprint density at radius 3 is 2.63 bits per heavy atom. The number of nitrogens with two attached hydrogens (primary N) is 1. The quantitative estimate of drug-likeness (QED) is 0.673. The van der Waals surface area contributed by atoms with Crippen LogP contribution in [0.2, 0.25) is 0 Å². The molecular weight excluding hydrogens is 262 g/mol. The summed E-state index contributed by atoms with van der Waals surface area (Å²) in [5.41, 5.74) is 8.06. The van der Waals surface area contributed by atoms with Crippen LogP contribution in [0, 0.1) is 10.1 Å². The van der Waals surface area contributed by atoms with Crippen LogP contribution in [0.15, 0.2) is 29.6 Å². The minimum absolute atomic E-state index is 0.0965. The van der Waals surface area contributed by atoms with E-state index in [9.17, 15) is 10.1 Å². The molecular formula is C13H15N3O2S. The van der Waals surface area contributed by atoms with Crippen LogP contribution in [0.25, 0.3) is 0 Å². The minimum atomic E-state index is -0.405. The number of non-ortho nitro benzene ring substituents is 1. The van der Waals surface area contributed by atoms with Crippen LogP contribution in [0.3, 0.4) is 0 Å². The molecule has 2 aromatic rings. The number of aryl methyl sites for hydroxylation is 1. The van der Waals surface area contributed by atoms with Gasteiger partial charge in [-0.1, -0.05) is 19.1 Å². The van der Waals surface area contributed by atoms with Crippen molar-refractivity contribution < 1.29 is 4.92 Å². The molecule has 1 atom stereocenters. The van der Waals surface area contributed by atoms with Crippen molar-refractivity contribution in [2.75, 3.05) is 0 Å². The number of thiazole rings is 1. The molecule has 0 aliphatic rings. The molecule has 1 aromatic heterocycles. The predicted octanol–water partition coefficient (Wildman–Crippen LogP) is 2.86. The Morgan fingerprint density at radius 1 is 1.42 bits per heavy atom. The van der Waals surface area contributed by atoms with Crippen molar-refractivity contribution in [3.8, 4) is 0 Å². The number of nitro benzene ring substituents is 1. The Kier molecular flexibility index (Phi) is 4.24. The number of hydrogen-bond acceptors (Lipinski definition) is 5. The monoisotopic (exact) mass is 277 g/mol. The van der Waals surface area contributed by atoms with Gasteiger partial charge in [-0.2, -0.15) is 0 Å². The van der Waals surface area contributed by atoms with Gasteiger partial charge < -0.3 is 5.73 Å². The van der Waals surface area contributed by atoms with Crippen molar-refractivity contribution in [2.45, 2.75) is 25.8 Å². The topological polar surface area (TPSA) is 82.0 Å². The highest BCUT2D eigenvalue weighted by Gasteiger charge is 2.12. The van der Waals surface area contributed by atoms with E-state index in [0.29, 0.717) is 6.42 Å². The van der Waals surface area contributed by atoms with Gasteiger partial charge in [0.05, 0.1) is 21.7 Å². The maximum absolute atomic E-state index is 10.6. The maximum atomic E-state index is 10.6. The Bertz CT molecular complexity index is 566. The van der Waals surface area contributed by atoms with Gasteiger partial charge in [0.2, 0.25) is 0 Å². The van der Waals surface area contributed by atoms with Gasteiger partial charge >= 0.3 is 0 Å². The molecule has 0 amide bonds. The molecule has 0 aliphatic heterocycles. The molecule has 0 bridgehead atoms. The molecule has 1 aromatic carbocycles. The fourth-order valence-corrected chi connectivity index (χ4v) is 2.58. The van der Waals surface area contributed by atoms with Crippen molar-refractivity contribution >= 4 is 17.0 Å². The first kappa shape index (κ1) is 13.6. The number of benzene rings is 1. The molecule has 19 heavy (non-hydrogen) atoms. The highest BCUT2D eigenvalue weighted by Crippen LogP contribution is 2.20. The van der Waals surface area contributed by atoms with Gasteiger partial charge in [0.1, 0.15) is 0 Å². The minimum Gasteiger partial charge on any atom is -0.322 e. The SMILES string of the molecule is CCc1nc([C@@H](N)Cc2ccc([N+](=O)[O-])cc2)cs1. The summed E-state index contributed by atoms with van der Waals surface area (Å²) in [7, 11) is 0. The average molecular weight is 277 g/mol. The lowest BCUT2D eigenvalue weighted by Gasteiger charge is -2.08. The van der Waals surface area contributed by atoms with Crippen molar-refractivity contribution in [3.05, 3.63) is 56.0 Å². The fraction of sp³-hybridized carbons (Fsp3) is 0.308. The summed E-state index contributed by atoms with van der Waals surface area (Å²) in [4.78, 5) is 14.6. The second kappa shape index (κ2) is 5.90. The summed E-state index contributed by atoms with van der Waals surface area (Å²) in [6.07, 6.45) is 1.54. The Balaban J connectivity index is 2.05. The Morgan fingerprint density at radius 2 is 2.11 bits per heavy atom. The molecule has 0 saturated heterocycles. The lowest BCUT2D eigenvalue weighted by molar-refractivity contribution is -0.384. The lowest BCUT2D eigenvalue weighted by Crippen LogP contribution is -2.13. The second-order valence-electron chi connectivity index (χ2n) is 4.25. The van der Waals surface area contributed by atoms with Gasteiger partial charge in [0.25, 0.3) is 5.69 Å². The normalized spacial score (nSPS) is 12.3. The lowest BCUT2D eigenvalue weighted by atomic mass is 10.0. The zero-order chi connectivity index (χ0) is 13.8. The van der Waals surface area contributed by atoms with Crippen LogP contribution in [0.1, 0.15) is 29.2 Å². The summed E-state index contributed by atoms with van der Waals surface area (Å²) in [6, 6.07) is 6.31. The first-order valence-corrected chi connectivity index (χ1v) is 6.91. The molecule has 2 rings (SSSR count).